The zero-order valence-electron chi connectivity index (χ0n) is 19.1. The van der Waals surface area contributed by atoms with Gasteiger partial charge in [0.15, 0.2) is 11.8 Å². The molecule has 0 aromatic carbocycles. The van der Waals surface area contributed by atoms with Crippen LogP contribution in [0.1, 0.15) is 63.0 Å². The molecule has 1 aromatic rings. The van der Waals surface area contributed by atoms with Gasteiger partial charge in [-0.1, -0.05) is 12.8 Å². The molecule has 1 unspecified atom stereocenters. The SMILES string of the molecule is Cc1nnc(CN=C(NCC2CCCO2)N2CCC(OCC3CCCC3)CC2)n1C.I. The van der Waals surface area contributed by atoms with Gasteiger partial charge in [-0.15, -0.1) is 34.2 Å². The number of aliphatic imine (C=N–C) groups is 1. The van der Waals surface area contributed by atoms with Crippen LogP contribution in [0.15, 0.2) is 4.99 Å². The molecule has 2 aliphatic heterocycles. The molecule has 4 rings (SSSR count). The number of nitrogens with zero attached hydrogens (tertiary/aromatic N) is 5. The Labute approximate surface area is 203 Å². The fraction of sp³-hybridized carbons (Fsp3) is 0.864. The van der Waals surface area contributed by atoms with Gasteiger partial charge in [0.25, 0.3) is 0 Å². The second-order valence-electron chi connectivity index (χ2n) is 9.05. The predicted octanol–water partition coefficient (Wildman–Crippen LogP) is 3.04. The Kier molecular flexibility index (Phi) is 9.83. The molecular weight excluding hydrogens is 507 g/mol. The minimum atomic E-state index is 0. The van der Waals surface area contributed by atoms with E-state index in [4.69, 9.17) is 14.5 Å². The highest BCUT2D eigenvalue weighted by molar-refractivity contribution is 14.0. The molecule has 1 aromatic heterocycles. The largest absolute Gasteiger partial charge is 0.378 e. The molecule has 2 saturated heterocycles. The van der Waals surface area contributed by atoms with E-state index in [1.807, 2.05) is 18.5 Å². The van der Waals surface area contributed by atoms with Crippen molar-refractivity contribution in [3.63, 3.8) is 0 Å². The maximum atomic E-state index is 6.26. The van der Waals surface area contributed by atoms with E-state index in [2.05, 4.69) is 20.4 Å². The van der Waals surface area contributed by atoms with E-state index in [0.717, 1.165) is 82.1 Å². The second-order valence-corrected chi connectivity index (χ2v) is 9.05. The van der Waals surface area contributed by atoms with Gasteiger partial charge in [0.1, 0.15) is 12.4 Å². The number of aryl methyl sites for hydroxylation is 1. The van der Waals surface area contributed by atoms with E-state index in [9.17, 15) is 0 Å². The van der Waals surface area contributed by atoms with Crippen LogP contribution in [0.2, 0.25) is 0 Å². The number of nitrogens with one attached hydrogen (secondary N) is 1. The van der Waals surface area contributed by atoms with Crippen molar-refractivity contribution in [1.82, 2.24) is 25.0 Å². The van der Waals surface area contributed by atoms with Gasteiger partial charge < -0.3 is 24.3 Å². The maximum absolute atomic E-state index is 6.26. The van der Waals surface area contributed by atoms with Crippen molar-refractivity contribution in [3.05, 3.63) is 11.6 Å². The molecule has 9 heteroatoms. The first-order chi connectivity index (χ1) is 14.7. The van der Waals surface area contributed by atoms with Gasteiger partial charge in [0.2, 0.25) is 0 Å². The lowest BCUT2D eigenvalue weighted by Crippen LogP contribution is -2.48. The van der Waals surface area contributed by atoms with Crippen LogP contribution in [0.4, 0.5) is 0 Å². The van der Waals surface area contributed by atoms with Gasteiger partial charge in [0.05, 0.1) is 12.2 Å². The van der Waals surface area contributed by atoms with Crippen LogP contribution < -0.4 is 5.32 Å². The number of hydrogen-bond acceptors (Lipinski definition) is 5. The number of rotatable bonds is 7. The summed E-state index contributed by atoms with van der Waals surface area (Å²) in [6.07, 6.45) is 10.6. The number of likely N-dealkylation sites (tertiary alicyclic amines) is 1. The molecule has 0 radical (unpaired) electrons. The molecular formula is C22H39IN6O2. The molecule has 0 bridgehead atoms. The molecule has 1 N–H and O–H groups in total. The summed E-state index contributed by atoms with van der Waals surface area (Å²) in [5.41, 5.74) is 0. The average Bonchev–Trinajstić information content (AvgIpc) is 3.53. The lowest BCUT2D eigenvalue weighted by atomic mass is 10.1. The summed E-state index contributed by atoms with van der Waals surface area (Å²) in [5, 5.41) is 12.0. The zero-order chi connectivity index (χ0) is 20.8. The Hall–Kier alpha value is -0.940. The molecule has 0 amide bonds. The summed E-state index contributed by atoms with van der Waals surface area (Å²) < 4.78 is 14.1. The molecule has 31 heavy (non-hydrogen) atoms. The zero-order valence-corrected chi connectivity index (χ0v) is 21.4. The van der Waals surface area contributed by atoms with Crippen molar-refractivity contribution in [2.45, 2.75) is 77.0 Å². The van der Waals surface area contributed by atoms with E-state index in [0.29, 0.717) is 18.8 Å². The van der Waals surface area contributed by atoms with Crippen molar-refractivity contribution < 1.29 is 9.47 Å². The molecule has 3 aliphatic rings. The van der Waals surface area contributed by atoms with E-state index in [1.54, 1.807) is 0 Å². The van der Waals surface area contributed by atoms with Crippen LogP contribution in [0.3, 0.4) is 0 Å². The van der Waals surface area contributed by atoms with Crippen LogP contribution in [0, 0.1) is 12.8 Å². The van der Waals surface area contributed by atoms with Crippen molar-refractivity contribution >= 4 is 29.9 Å². The topological polar surface area (TPSA) is 76.8 Å². The van der Waals surface area contributed by atoms with Crippen LogP contribution in [0.5, 0.6) is 0 Å². The molecule has 1 atom stereocenters. The van der Waals surface area contributed by atoms with E-state index in [-0.39, 0.29) is 24.0 Å². The molecule has 0 spiro atoms. The third kappa shape index (κ3) is 7.02. The van der Waals surface area contributed by atoms with E-state index in [1.165, 1.54) is 25.7 Å². The number of halogens is 1. The standard InChI is InChI=1S/C22H38N6O2.HI/c1-17-25-26-21(27(17)2)15-24-22(23-14-20-8-5-13-29-20)28-11-9-19(10-12-28)30-16-18-6-3-4-7-18;/h18-20H,3-16H2,1-2H3,(H,23,24);1H. The Bertz CT molecular complexity index is 692. The monoisotopic (exact) mass is 546 g/mol. The first kappa shape index (κ1) is 24.7. The van der Waals surface area contributed by atoms with Crippen LogP contribution in [-0.4, -0.2) is 70.7 Å². The summed E-state index contributed by atoms with van der Waals surface area (Å²) in [7, 11) is 1.99. The molecule has 3 heterocycles. The minimum Gasteiger partial charge on any atom is -0.378 e. The summed E-state index contributed by atoms with van der Waals surface area (Å²) in [5.74, 6) is 3.55. The summed E-state index contributed by atoms with van der Waals surface area (Å²) in [4.78, 5) is 7.27. The van der Waals surface area contributed by atoms with Gasteiger partial charge in [-0.05, 0) is 51.4 Å². The smallest absolute Gasteiger partial charge is 0.194 e. The van der Waals surface area contributed by atoms with E-state index >= 15 is 0 Å². The maximum Gasteiger partial charge on any atom is 0.194 e. The van der Waals surface area contributed by atoms with Gasteiger partial charge >= 0.3 is 0 Å². The lowest BCUT2D eigenvalue weighted by Gasteiger charge is -2.35. The van der Waals surface area contributed by atoms with Gasteiger partial charge in [0, 0.05) is 39.9 Å². The number of ether oxygens (including phenoxy) is 2. The van der Waals surface area contributed by atoms with Crippen LogP contribution >= 0.6 is 24.0 Å². The molecule has 3 fully saturated rings. The lowest BCUT2D eigenvalue weighted by molar-refractivity contribution is 0.000874. The van der Waals surface area contributed by atoms with Gasteiger partial charge in [-0.25, -0.2) is 4.99 Å². The fourth-order valence-corrected chi connectivity index (χ4v) is 4.70. The van der Waals surface area contributed by atoms with Crippen LogP contribution in [0.25, 0.3) is 0 Å². The average molecular weight is 546 g/mol. The molecule has 8 nitrogen and oxygen atoms in total. The predicted molar refractivity (Wildman–Crippen MR) is 132 cm³/mol. The molecule has 1 saturated carbocycles. The molecule has 1 aliphatic carbocycles. The third-order valence-corrected chi connectivity index (χ3v) is 6.85. The highest BCUT2D eigenvalue weighted by Crippen LogP contribution is 2.26. The Morgan fingerprint density at radius 2 is 1.90 bits per heavy atom. The quantitative estimate of drug-likeness (QED) is 0.322. The van der Waals surface area contributed by atoms with Crippen molar-refractivity contribution in [1.29, 1.82) is 0 Å². The number of guanidine groups is 1. The normalized spacial score (nSPS) is 23.4. The number of hydrogen-bond donors (Lipinski definition) is 1. The Morgan fingerprint density at radius 1 is 1.13 bits per heavy atom. The van der Waals surface area contributed by atoms with Gasteiger partial charge in [-0.2, -0.15) is 0 Å². The number of aromatic nitrogens is 3. The minimum absolute atomic E-state index is 0. The summed E-state index contributed by atoms with van der Waals surface area (Å²) in [6.45, 7) is 7.09. The highest BCUT2D eigenvalue weighted by atomic mass is 127. The summed E-state index contributed by atoms with van der Waals surface area (Å²) >= 11 is 0. The van der Waals surface area contributed by atoms with Crippen molar-refractivity contribution in [2.24, 2.45) is 18.0 Å². The number of piperidine rings is 1. The van der Waals surface area contributed by atoms with Gasteiger partial charge in [-0.3, -0.25) is 0 Å². The second kappa shape index (κ2) is 12.3. The van der Waals surface area contributed by atoms with E-state index < -0.39 is 0 Å². The third-order valence-electron chi connectivity index (χ3n) is 6.85. The molecule has 176 valence electrons. The summed E-state index contributed by atoms with van der Waals surface area (Å²) in [6, 6.07) is 0. The van der Waals surface area contributed by atoms with Crippen LogP contribution in [-0.2, 0) is 23.1 Å². The first-order valence-electron chi connectivity index (χ1n) is 11.8. The Morgan fingerprint density at radius 3 is 2.55 bits per heavy atom. The van der Waals surface area contributed by atoms with Crippen molar-refractivity contribution in [3.8, 4) is 0 Å². The fourth-order valence-electron chi connectivity index (χ4n) is 4.70. The van der Waals surface area contributed by atoms with Crippen molar-refractivity contribution in [2.75, 3.05) is 32.8 Å². The highest BCUT2D eigenvalue weighted by Gasteiger charge is 2.25. The first-order valence-corrected chi connectivity index (χ1v) is 11.8. The Balaban J connectivity index is 0.00000272.